The highest BCUT2D eigenvalue weighted by Gasteiger charge is 2.47. The summed E-state index contributed by atoms with van der Waals surface area (Å²) in [5.41, 5.74) is 1.81. The van der Waals surface area contributed by atoms with Crippen molar-refractivity contribution in [3.8, 4) is 0 Å². The van der Waals surface area contributed by atoms with Crippen LogP contribution in [-0.4, -0.2) is 52.2 Å². The molecule has 3 heterocycles. The van der Waals surface area contributed by atoms with Crippen LogP contribution in [0.5, 0.6) is 0 Å². The highest BCUT2D eigenvalue weighted by Crippen LogP contribution is 2.41. The van der Waals surface area contributed by atoms with E-state index in [4.69, 9.17) is 40.3 Å². The minimum absolute atomic E-state index is 0.0665. The Hall–Kier alpha value is -2.27. The molecule has 2 aliphatic heterocycles. The van der Waals surface area contributed by atoms with E-state index in [-0.39, 0.29) is 46.3 Å². The Bertz CT molecular complexity index is 1050. The summed E-state index contributed by atoms with van der Waals surface area (Å²) >= 11 is 17.3. The van der Waals surface area contributed by atoms with E-state index in [1.54, 1.807) is 0 Å². The number of nitrogens with one attached hydrogen (secondary N) is 2. The lowest BCUT2D eigenvalue weighted by atomic mass is 9.78. The van der Waals surface area contributed by atoms with Crippen molar-refractivity contribution in [1.29, 1.82) is 0 Å². The molecule has 1 aromatic heterocycles. The predicted octanol–water partition coefficient (Wildman–Crippen LogP) is 2.87. The lowest BCUT2D eigenvalue weighted by Crippen LogP contribution is -2.41. The van der Waals surface area contributed by atoms with E-state index in [0.717, 1.165) is 0 Å². The van der Waals surface area contributed by atoms with Crippen molar-refractivity contribution in [3.05, 3.63) is 57.6 Å². The second-order valence-corrected chi connectivity index (χ2v) is 8.43. The number of halogens is 4. The fourth-order valence-electron chi connectivity index (χ4n) is 3.39. The Morgan fingerprint density at radius 3 is 2.52 bits per heavy atom. The number of hydroxylamine groups is 1. The van der Waals surface area contributed by atoms with Gasteiger partial charge in [0.25, 0.3) is 5.91 Å². The van der Waals surface area contributed by atoms with E-state index in [1.807, 2.05) is 0 Å². The van der Waals surface area contributed by atoms with Gasteiger partial charge in [0.2, 0.25) is 6.43 Å². The van der Waals surface area contributed by atoms with Crippen molar-refractivity contribution in [1.82, 2.24) is 20.8 Å². The van der Waals surface area contributed by atoms with Crippen molar-refractivity contribution in [3.63, 3.8) is 0 Å². The van der Waals surface area contributed by atoms with Gasteiger partial charge < -0.3 is 5.32 Å². The van der Waals surface area contributed by atoms with Crippen LogP contribution >= 0.6 is 35.4 Å². The average Bonchev–Trinajstić information content (AvgIpc) is 3.35. The standard InChI is InChI=1S/C19H15Cl2F2N5O2S/c20-11-1-10(2-12(21)3-11)19(18(22)23)4-13(26-8-19)15-24-5-9(6-25-15)17(31)27-14-7-30-28-16(14)29/h1-3,5-6,14,18H,4,7-8H2,(H,27,31)(H,28,29). The molecular formula is C19H15Cl2F2N5O2S. The first-order chi connectivity index (χ1) is 14.8. The highest BCUT2D eigenvalue weighted by molar-refractivity contribution is 7.80. The lowest BCUT2D eigenvalue weighted by Gasteiger charge is -2.28. The summed E-state index contributed by atoms with van der Waals surface area (Å²) in [5, 5.41) is 3.41. The molecule has 31 heavy (non-hydrogen) atoms. The van der Waals surface area contributed by atoms with Crippen LogP contribution in [0.15, 0.2) is 35.6 Å². The van der Waals surface area contributed by atoms with E-state index in [9.17, 15) is 13.6 Å². The smallest absolute Gasteiger partial charge is 0.268 e. The first kappa shape index (κ1) is 21.9. The van der Waals surface area contributed by atoms with Crippen LogP contribution in [0, 0.1) is 0 Å². The van der Waals surface area contributed by atoms with Gasteiger partial charge in [-0.3, -0.25) is 14.6 Å². The zero-order valence-corrected chi connectivity index (χ0v) is 18.1. The Labute approximate surface area is 191 Å². The number of benzene rings is 1. The Morgan fingerprint density at radius 2 is 1.94 bits per heavy atom. The maximum Gasteiger partial charge on any atom is 0.268 e. The summed E-state index contributed by atoms with van der Waals surface area (Å²) in [6.45, 7) is -0.00348. The molecule has 1 aromatic carbocycles. The topological polar surface area (TPSA) is 88.5 Å². The molecule has 0 saturated carbocycles. The number of aliphatic imine (C=N–C) groups is 1. The van der Waals surface area contributed by atoms with Gasteiger partial charge in [-0.05, 0) is 23.8 Å². The number of rotatable bonds is 5. The van der Waals surface area contributed by atoms with Crippen LogP contribution in [0.1, 0.15) is 23.4 Å². The van der Waals surface area contributed by atoms with Gasteiger partial charge in [-0.1, -0.05) is 35.4 Å². The molecule has 0 aliphatic carbocycles. The van der Waals surface area contributed by atoms with Gasteiger partial charge in [-0.25, -0.2) is 24.2 Å². The van der Waals surface area contributed by atoms with E-state index >= 15 is 0 Å². The van der Waals surface area contributed by atoms with Crippen molar-refractivity contribution < 1.29 is 18.4 Å². The zero-order valence-electron chi connectivity index (χ0n) is 15.7. The third kappa shape index (κ3) is 4.38. The largest absolute Gasteiger partial charge is 0.362 e. The molecule has 2 aliphatic rings. The number of nitrogens with zero attached hydrogens (tertiary/aromatic N) is 3. The molecule has 4 rings (SSSR count). The van der Waals surface area contributed by atoms with Crippen LogP contribution in [0.4, 0.5) is 8.78 Å². The minimum Gasteiger partial charge on any atom is -0.362 e. The molecule has 0 spiro atoms. The number of hydrogen-bond donors (Lipinski definition) is 2. The molecule has 0 bridgehead atoms. The zero-order chi connectivity index (χ0) is 22.2. The number of amides is 1. The van der Waals surface area contributed by atoms with Crippen molar-refractivity contribution in [2.75, 3.05) is 13.2 Å². The van der Waals surface area contributed by atoms with Crippen LogP contribution in [0.25, 0.3) is 0 Å². The maximum atomic E-state index is 14.2. The fraction of sp³-hybridized carbons (Fsp3) is 0.316. The van der Waals surface area contributed by atoms with Crippen LogP contribution < -0.4 is 10.8 Å². The minimum atomic E-state index is -2.70. The molecule has 2 atom stereocenters. The molecule has 0 radical (unpaired) electrons. The third-order valence-electron chi connectivity index (χ3n) is 5.11. The fourth-order valence-corrected chi connectivity index (χ4v) is 4.16. The summed E-state index contributed by atoms with van der Waals surface area (Å²) < 4.78 is 28.3. The summed E-state index contributed by atoms with van der Waals surface area (Å²) in [7, 11) is 0. The van der Waals surface area contributed by atoms with Crippen molar-refractivity contribution >= 4 is 52.0 Å². The third-order valence-corrected chi connectivity index (χ3v) is 5.90. The average molecular weight is 486 g/mol. The van der Waals surface area contributed by atoms with E-state index < -0.39 is 17.9 Å². The van der Waals surface area contributed by atoms with E-state index in [1.165, 1.54) is 30.6 Å². The second kappa shape index (κ2) is 8.70. The molecule has 1 amide bonds. The maximum absolute atomic E-state index is 14.2. The van der Waals surface area contributed by atoms with Gasteiger partial charge >= 0.3 is 0 Å². The van der Waals surface area contributed by atoms with Crippen molar-refractivity contribution in [2.24, 2.45) is 4.99 Å². The Morgan fingerprint density at radius 1 is 1.26 bits per heavy atom. The second-order valence-electron chi connectivity index (χ2n) is 7.15. The molecule has 162 valence electrons. The number of hydrogen-bond acceptors (Lipinski definition) is 6. The summed E-state index contributed by atoms with van der Waals surface area (Å²) in [4.78, 5) is 29.4. The highest BCUT2D eigenvalue weighted by atomic mass is 35.5. The number of alkyl halides is 2. The number of carbonyl (C=O) groups is 1. The van der Waals surface area contributed by atoms with Gasteiger partial charge in [0, 0.05) is 34.4 Å². The number of carbonyl (C=O) groups excluding carboxylic acids is 1. The first-order valence-corrected chi connectivity index (χ1v) is 10.3. The molecule has 12 heteroatoms. The quantitative estimate of drug-likeness (QED) is 0.633. The molecule has 1 fully saturated rings. The van der Waals surface area contributed by atoms with Gasteiger partial charge in [0.15, 0.2) is 5.82 Å². The van der Waals surface area contributed by atoms with Gasteiger partial charge in [0.05, 0.1) is 17.7 Å². The molecule has 2 aromatic rings. The van der Waals surface area contributed by atoms with Gasteiger partial charge in [-0.2, -0.15) is 0 Å². The van der Waals surface area contributed by atoms with Crippen molar-refractivity contribution in [2.45, 2.75) is 24.3 Å². The SMILES string of the molecule is O=C1NOCC1NC(=S)c1cnc(C2=NCC(c3cc(Cl)cc(Cl)c3)(C(F)F)C2)nc1. The molecule has 2 unspecified atom stereocenters. The van der Waals surface area contributed by atoms with Crippen LogP contribution in [0.3, 0.4) is 0 Å². The number of thiocarbonyl (C=S) groups is 1. The van der Waals surface area contributed by atoms with E-state index in [2.05, 4.69) is 25.8 Å². The Kier molecular flexibility index (Phi) is 6.16. The normalized spacial score (nSPS) is 23.1. The summed E-state index contributed by atoms with van der Waals surface area (Å²) in [5.74, 6) is -0.103. The first-order valence-electron chi connectivity index (χ1n) is 9.11. The molecule has 2 N–H and O–H groups in total. The predicted molar refractivity (Wildman–Crippen MR) is 115 cm³/mol. The molecular weight excluding hydrogens is 471 g/mol. The number of aromatic nitrogens is 2. The van der Waals surface area contributed by atoms with Crippen LogP contribution in [-0.2, 0) is 15.0 Å². The summed E-state index contributed by atoms with van der Waals surface area (Å²) in [6, 6.07) is 3.84. The Balaban J connectivity index is 1.51. The van der Waals surface area contributed by atoms with Gasteiger partial charge in [-0.15, -0.1) is 0 Å². The monoisotopic (exact) mass is 485 g/mol. The van der Waals surface area contributed by atoms with E-state index in [0.29, 0.717) is 16.8 Å². The summed E-state index contributed by atoms with van der Waals surface area (Å²) in [6.07, 6.45) is 0.140. The lowest BCUT2D eigenvalue weighted by molar-refractivity contribution is -0.124. The van der Waals surface area contributed by atoms with Crippen LogP contribution in [0.2, 0.25) is 10.0 Å². The molecule has 7 nitrogen and oxygen atoms in total. The molecule has 1 saturated heterocycles. The van der Waals surface area contributed by atoms with Gasteiger partial charge in [0.1, 0.15) is 17.6 Å².